The maximum absolute atomic E-state index is 10.6. The van der Waals surface area contributed by atoms with Crippen molar-refractivity contribution in [2.24, 2.45) is 17.3 Å². The van der Waals surface area contributed by atoms with Gasteiger partial charge in [0.05, 0.1) is 0 Å². The molecule has 0 bridgehead atoms. The highest BCUT2D eigenvalue weighted by Crippen LogP contribution is 2.59. The summed E-state index contributed by atoms with van der Waals surface area (Å²) in [7, 11) is 0. The second-order valence-corrected chi connectivity index (χ2v) is 8.30. The number of rotatable bonds is 2. The van der Waals surface area contributed by atoms with Crippen molar-refractivity contribution in [3.63, 3.8) is 0 Å². The lowest BCUT2D eigenvalue weighted by Crippen LogP contribution is -2.40. The van der Waals surface area contributed by atoms with Gasteiger partial charge in [0.25, 0.3) is 0 Å². The van der Waals surface area contributed by atoms with Crippen molar-refractivity contribution in [3.8, 4) is 0 Å². The van der Waals surface area contributed by atoms with Gasteiger partial charge in [0.15, 0.2) is 5.79 Å². The molecule has 2 nitrogen and oxygen atoms in total. The monoisotopic (exact) mass is 302 g/mol. The first kappa shape index (κ1) is 15.0. The Labute approximate surface area is 134 Å². The van der Waals surface area contributed by atoms with Crippen molar-refractivity contribution in [1.82, 2.24) is 0 Å². The van der Waals surface area contributed by atoms with E-state index in [4.69, 9.17) is 4.74 Å². The summed E-state index contributed by atoms with van der Waals surface area (Å²) in [5, 5.41) is 10.6. The van der Waals surface area contributed by atoms with Crippen molar-refractivity contribution in [2.75, 3.05) is 6.61 Å². The van der Waals surface area contributed by atoms with Gasteiger partial charge in [-0.15, -0.1) is 0 Å². The van der Waals surface area contributed by atoms with Crippen molar-refractivity contribution < 1.29 is 9.84 Å². The van der Waals surface area contributed by atoms with Crippen LogP contribution in [0.2, 0.25) is 0 Å². The van der Waals surface area contributed by atoms with Crippen LogP contribution in [0.4, 0.5) is 0 Å². The smallest absolute Gasteiger partial charge is 0.169 e. The third-order valence-electron chi connectivity index (χ3n) is 7.03. The Morgan fingerprint density at radius 3 is 2.95 bits per heavy atom. The number of hydrogen-bond donors (Lipinski definition) is 1. The molecule has 0 spiro atoms. The molecule has 4 rings (SSSR count). The van der Waals surface area contributed by atoms with Crippen LogP contribution in [-0.4, -0.2) is 17.5 Å². The molecule has 0 aromatic heterocycles. The van der Waals surface area contributed by atoms with Crippen molar-refractivity contribution in [1.29, 1.82) is 0 Å². The molecule has 0 radical (unpaired) electrons. The predicted octanol–water partition coefficient (Wildman–Crippen LogP) is 4.74. The lowest BCUT2D eigenvalue weighted by atomic mass is 9.59. The zero-order chi connectivity index (χ0) is 15.4. The minimum atomic E-state index is -0.891. The molecular weight excluding hydrogens is 272 g/mol. The molecule has 0 amide bonds. The van der Waals surface area contributed by atoms with Gasteiger partial charge in [-0.25, -0.2) is 0 Å². The zero-order valence-corrected chi connectivity index (χ0v) is 14.2. The lowest BCUT2D eigenvalue weighted by Gasteiger charge is -2.47. The normalized spacial score (nSPS) is 44.2. The topological polar surface area (TPSA) is 29.5 Å². The largest absolute Gasteiger partial charge is 0.365 e. The number of aliphatic hydroxyl groups is 1. The molecule has 0 aromatic rings. The van der Waals surface area contributed by atoms with Gasteiger partial charge in [0.1, 0.15) is 0 Å². The molecule has 0 aromatic carbocycles. The van der Waals surface area contributed by atoms with E-state index in [1.807, 2.05) is 6.92 Å². The van der Waals surface area contributed by atoms with E-state index in [2.05, 4.69) is 13.0 Å². The Bertz CT molecular complexity index is 532. The molecule has 1 saturated carbocycles. The predicted molar refractivity (Wildman–Crippen MR) is 88.3 cm³/mol. The summed E-state index contributed by atoms with van der Waals surface area (Å²) < 4.78 is 5.64. The maximum Gasteiger partial charge on any atom is 0.169 e. The van der Waals surface area contributed by atoms with Crippen molar-refractivity contribution in [2.45, 2.75) is 77.4 Å². The van der Waals surface area contributed by atoms with E-state index >= 15 is 0 Å². The van der Waals surface area contributed by atoms with Crippen LogP contribution in [-0.2, 0) is 4.74 Å². The summed E-state index contributed by atoms with van der Waals surface area (Å²) in [6.07, 6.45) is 13.1. The quantitative estimate of drug-likeness (QED) is 0.747. The Balaban J connectivity index is 1.63. The van der Waals surface area contributed by atoms with E-state index < -0.39 is 5.79 Å². The average Bonchev–Trinajstić information content (AvgIpc) is 2.88. The molecular formula is C20H30O2. The van der Waals surface area contributed by atoms with Crippen molar-refractivity contribution >= 4 is 0 Å². The Hall–Kier alpha value is -0.600. The Kier molecular flexibility index (Phi) is 3.54. The third-order valence-corrected chi connectivity index (χ3v) is 7.03. The van der Waals surface area contributed by atoms with Crippen LogP contribution in [0, 0.1) is 17.3 Å². The molecule has 4 aliphatic rings. The van der Waals surface area contributed by atoms with Gasteiger partial charge in [-0.1, -0.05) is 25.0 Å². The van der Waals surface area contributed by atoms with Gasteiger partial charge < -0.3 is 9.84 Å². The first-order valence-electron chi connectivity index (χ1n) is 9.32. The second kappa shape index (κ2) is 5.21. The van der Waals surface area contributed by atoms with Crippen LogP contribution < -0.4 is 0 Å². The zero-order valence-electron chi connectivity index (χ0n) is 14.2. The number of hydrogen-bond acceptors (Lipinski definition) is 2. The fraction of sp³-hybridized carbons (Fsp3) is 0.800. The second-order valence-electron chi connectivity index (χ2n) is 8.30. The number of ether oxygens (including phenoxy) is 1. The van der Waals surface area contributed by atoms with Crippen LogP contribution >= 0.6 is 0 Å². The standard InChI is InChI=1S/C20H30O2/c1-3-22-20(21)12-9-15-14(13-20)6-7-17-16(15)8-11-19(2)10-4-5-18(17)19/h8,17-18,21H,3-7,9-13H2,1-2H3/t17?,18?,19?,20-/m0/s1. The molecule has 0 aliphatic heterocycles. The van der Waals surface area contributed by atoms with E-state index in [1.54, 1.807) is 11.1 Å². The molecule has 1 fully saturated rings. The Morgan fingerprint density at radius 2 is 2.14 bits per heavy atom. The minimum absolute atomic E-state index is 0.576. The molecule has 4 atom stereocenters. The van der Waals surface area contributed by atoms with Gasteiger partial charge in [0, 0.05) is 19.4 Å². The highest BCUT2D eigenvalue weighted by atomic mass is 16.6. The first-order valence-corrected chi connectivity index (χ1v) is 9.32. The number of allylic oxidation sites excluding steroid dienone is 3. The summed E-state index contributed by atoms with van der Waals surface area (Å²) >= 11 is 0. The molecule has 0 heterocycles. The van der Waals surface area contributed by atoms with Gasteiger partial charge in [-0.2, -0.15) is 0 Å². The molecule has 122 valence electrons. The van der Waals surface area contributed by atoms with Crippen molar-refractivity contribution in [3.05, 3.63) is 22.8 Å². The van der Waals surface area contributed by atoms with Gasteiger partial charge in [-0.3, -0.25) is 0 Å². The fourth-order valence-electron chi connectivity index (χ4n) is 5.95. The van der Waals surface area contributed by atoms with Gasteiger partial charge in [-0.05, 0) is 73.8 Å². The van der Waals surface area contributed by atoms with Gasteiger partial charge >= 0.3 is 0 Å². The number of fused-ring (bicyclic) bond motifs is 4. The third kappa shape index (κ3) is 2.22. The van der Waals surface area contributed by atoms with Crippen LogP contribution in [0.15, 0.2) is 22.8 Å². The molecule has 4 aliphatic carbocycles. The Morgan fingerprint density at radius 1 is 1.27 bits per heavy atom. The maximum atomic E-state index is 10.6. The van der Waals surface area contributed by atoms with E-state index in [9.17, 15) is 5.11 Å². The first-order chi connectivity index (χ1) is 10.5. The van der Waals surface area contributed by atoms with E-state index in [-0.39, 0.29) is 0 Å². The minimum Gasteiger partial charge on any atom is -0.365 e. The summed E-state index contributed by atoms with van der Waals surface area (Å²) in [4.78, 5) is 0. The van der Waals surface area contributed by atoms with E-state index in [0.717, 1.165) is 31.1 Å². The molecule has 22 heavy (non-hydrogen) atoms. The summed E-state index contributed by atoms with van der Waals surface area (Å²) in [6.45, 7) is 5.10. The molecule has 2 heteroatoms. The van der Waals surface area contributed by atoms with Crippen LogP contribution in [0.25, 0.3) is 0 Å². The van der Waals surface area contributed by atoms with Crippen LogP contribution in [0.1, 0.15) is 71.6 Å². The lowest BCUT2D eigenvalue weighted by molar-refractivity contribution is -0.206. The van der Waals surface area contributed by atoms with E-state index in [1.165, 1.54) is 44.1 Å². The highest BCUT2D eigenvalue weighted by molar-refractivity contribution is 5.44. The summed E-state index contributed by atoms with van der Waals surface area (Å²) in [6, 6.07) is 0. The van der Waals surface area contributed by atoms with Gasteiger partial charge in [0.2, 0.25) is 0 Å². The molecule has 1 N–H and O–H groups in total. The summed E-state index contributed by atoms with van der Waals surface area (Å²) in [5.74, 6) is 0.824. The van der Waals surface area contributed by atoms with E-state index in [0.29, 0.717) is 12.0 Å². The summed E-state index contributed by atoms with van der Waals surface area (Å²) in [5.41, 5.74) is 5.34. The highest BCUT2D eigenvalue weighted by Gasteiger charge is 2.48. The SMILES string of the molecule is CCO[C@@]1(O)CCC2=C(CCC3C2=CCC2(C)CCCC32)C1. The average molecular weight is 302 g/mol. The molecule has 0 saturated heterocycles. The molecule has 3 unspecified atom stereocenters. The fourth-order valence-corrected chi connectivity index (χ4v) is 5.95. The van der Waals surface area contributed by atoms with Crippen LogP contribution in [0.5, 0.6) is 0 Å². The van der Waals surface area contributed by atoms with Crippen LogP contribution in [0.3, 0.4) is 0 Å².